The van der Waals surface area contributed by atoms with Crippen molar-refractivity contribution in [3.8, 4) is 0 Å². The van der Waals surface area contributed by atoms with E-state index < -0.39 is 0 Å². The number of piperazine rings is 1. The number of aromatic amines is 1. The number of H-pyrrole nitrogens is 1. The fourth-order valence-corrected chi connectivity index (χ4v) is 2.13. The Hall–Kier alpha value is -0.480. The van der Waals surface area contributed by atoms with Crippen molar-refractivity contribution in [2.45, 2.75) is 4.95 Å². The number of rotatable bonds is 1. The summed E-state index contributed by atoms with van der Waals surface area (Å²) in [4.78, 5) is 5.82. The van der Waals surface area contributed by atoms with Crippen molar-refractivity contribution in [1.29, 1.82) is 0 Å². The minimum Gasteiger partial charge on any atom is -0.366 e. The normalized spacial score (nSPS) is 24.4. The Balaban J connectivity index is 2.11. The lowest BCUT2D eigenvalue weighted by molar-refractivity contribution is 0.570. The summed E-state index contributed by atoms with van der Waals surface area (Å²) in [5.74, 6) is 0. The van der Waals surface area contributed by atoms with Gasteiger partial charge in [0.1, 0.15) is 0 Å². The van der Waals surface area contributed by atoms with Crippen LogP contribution in [0.3, 0.4) is 0 Å². The summed E-state index contributed by atoms with van der Waals surface area (Å²) in [6.07, 6.45) is 3.98. The second kappa shape index (κ2) is 3.49. The summed E-state index contributed by atoms with van der Waals surface area (Å²) >= 11 is 3.63. The van der Waals surface area contributed by atoms with Crippen LogP contribution < -0.4 is 10.2 Å². The molecule has 3 nitrogen and oxygen atoms in total. The zero-order valence-corrected chi connectivity index (χ0v) is 8.34. The Morgan fingerprint density at radius 3 is 3.17 bits per heavy atom. The lowest BCUT2D eigenvalue weighted by Gasteiger charge is -2.33. The average molecular weight is 230 g/mol. The molecule has 1 unspecified atom stereocenters. The molecular weight excluding hydrogens is 218 g/mol. The van der Waals surface area contributed by atoms with Gasteiger partial charge in [0.05, 0.1) is 10.6 Å². The molecule has 0 radical (unpaired) electrons. The van der Waals surface area contributed by atoms with Crippen molar-refractivity contribution in [3.63, 3.8) is 0 Å². The number of hydrogen-bond acceptors (Lipinski definition) is 2. The van der Waals surface area contributed by atoms with Gasteiger partial charge in [0.15, 0.2) is 0 Å². The SMILES string of the molecule is BrC1CNCCN1c1cc[nH]c1. The first kappa shape index (κ1) is 8.13. The van der Waals surface area contributed by atoms with E-state index in [1.807, 2.05) is 12.4 Å². The molecule has 0 amide bonds. The average Bonchev–Trinajstić information content (AvgIpc) is 2.57. The second-order valence-corrected chi connectivity index (χ2v) is 3.96. The van der Waals surface area contributed by atoms with Gasteiger partial charge < -0.3 is 15.2 Å². The molecule has 1 fully saturated rings. The minimum absolute atomic E-state index is 0.419. The molecular formula is C8H12BrN3. The van der Waals surface area contributed by atoms with Crippen molar-refractivity contribution >= 4 is 21.6 Å². The highest BCUT2D eigenvalue weighted by molar-refractivity contribution is 9.09. The third kappa shape index (κ3) is 1.49. The third-order valence-corrected chi connectivity index (χ3v) is 2.91. The van der Waals surface area contributed by atoms with Crippen LogP contribution in [0.5, 0.6) is 0 Å². The fourth-order valence-electron chi connectivity index (χ4n) is 1.46. The maximum atomic E-state index is 3.63. The van der Waals surface area contributed by atoms with Crippen LogP contribution >= 0.6 is 15.9 Å². The molecule has 1 aromatic heterocycles. The molecule has 0 aliphatic carbocycles. The van der Waals surface area contributed by atoms with Crippen LogP contribution in [0.2, 0.25) is 0 Å². The van der Waals surface area contributed by atoms with Gasteiger partial charge in [0, 0.05) is 32.0 Å². The summed E-state index contributed by atoms with van der Waals surface area (Å²) in [7, 11) is 0. The molecule has 1 aliphatic rings. The first-order valence-corrected chi connectivity index (χ1v) is 5.04. The van der Waals surface area contributed by atoms with E-state index in [1.54, 1.807) is 0 Å². The van der Waals surface area contributed by atoms with Gasteiger partial charge in [-0.1, -0.05) is 15.9 Å². The molecule has 0 aromatic carbocycles. The highest BCUT2D eigenvalue weighted by Crippen LogP contribution is 2.19. The molecule has 66 valence electrons. The van der Waals surface area contributed by atoms with Crippen molar-refractivity contribution < 1.29 is 0 Å². The van der Waals surface area contributed by atoms with E-state index in [4.69, 9.17) is 0 Å². The van der Waals surface area contributed by atoms with Crippen LogP contribution in [-0.4, -0.2) is 29.6 Å². The second-order valence-electron chi connectivity index (χ2n) is 2.90. The Morgan fingerprint density at radius 2 is 2.50 bits per heavy atom. The van der Waals surface area contributed by atoms with Crippen molar-refractivity contribution in [1.82, 2.24) is 10.3 Å². The van der Waals surface area contributed by atoms with E-state index in [-0.39, 0.29) is 0 Å². The van der Waals surface area contributed by atoms with Crippen LogP contribution in [0, 0.1) is 0 Å². The number of halogens is 1. The molecule has 0 spiro atoms. The molecule has 12 heavy (non-hydrogen) atoms. The van der Waals surface area contributed by atoms with Gasteiger partial charge in [0.25, 0.3) is 0 Å². The first-order chi connectivity index (χ1) is 5.88. The highest BCUT2D eigenvalue weighted by Gasteiger charge is 2.19. The van der Waals surface area contributed by atoms with E-state index in [2.05, 4.69) is 37.2 Å². The number of anilines is 1. The lowest BCUT2D eigenvalue weighted by atomic mass is 10.3. The van der Waals surface area contributed by atoms with Crippen LogP contribution in [0.15, 0.2) is 18.5 Å². The van der Waals surface area contributed by atoms with Gasteiger partial charge in [-0.15, -0.1) is 0 Å². The van der Waals surface area contributed by atoms with Gasteiger partial charge in [0.2, 0.25) is 0 Å². The fraction of sp³-hybridized carbons (Fsp3) is 0.500. The van der Waals surface area contributed by atoms with Crippen molar-refractivity contribution in [2.75, 3.05) is 24.5 Å². The zero-order chi connectivity index (χ0) is 8.39. The number of hydrogen-bond donors (Lipinski definition) is 2. The summed E-state index contributed by atoms with van der Waals surface area (Å²) in [6, 6.07) is 2.10. The first-order valence-electron chi connectivity index (χ1n) is 4.12. The third-order valence-electron chi connectivity index (χ3n) is 2.09. The molecule has 2 rings (SSSR count). The molecule has 1 aromatic rings. The standard InChI is InChI=1S/C8H12BrN3/c9-8-6-11-3-4-12(8)7-1-2-10-5-7/h1-2,5,8,10-11H,3-4,6H2. The van der Waals surface area contributed by atoms with E-state index in [9.17, 15) is 0 Å². The molecule has 4 heteroatoms. The summed E-state index contributed by atoms with van der Waals surface area (Å²) in [5, 5.41) is 3.33. The Kier molecular flexibility index (Phi) is 2.37. The molecule has 0 saturated carbocycles. The molecule has 0 bridgehead atoms. The summed E-state index contributed by atoms with van der Waals surface area (Å²) in [5.41, 5.74) is 1.26. The van der Waals surface area contributed by atoms with Gasteiger partial charge in [-0.3, -0.25) is 0 Å². The van der Waals surface area contributed by atoms with E-state index in [0.29, 0.717) is 4.95 Å². The van der Waals surface area contributed by atoms with E-state index in [1.165, 1.54) is 5.69 Å². The summed E-state index contributed by atoms with van der Waals surface area (Å²) < 4.78 is 0. The van der Waals surface area contributed by atoms with Crippen molar-refractivity contribution in [3.05, 3.63) is 18.5 Å². The molecule has 2 N–H and O–H groups in total. The van der Waals surface area contributed by atoms with Crippen LogP contribution in [0.25, 0.3) is 0 Å². The lowest BCUT2D eigenvalue weighted by Crippen LogP contribution is -2.48. The summed E-state index contributed by atoms with van der Waals surface area (Å²) in [6.45, 7) is 3.13. The highest BCUT2D eigenvalue weighted by atomic mass is 79.9. The predicted molar refractivity (Wildman–Crippen MR) is 53.7 cm³/mol. The Labute approximate surface area is 80.3 Å². The van der Waals surface area contributed by atoms with Gasteiger partial charge in [-0.05, 0) is 6.07 Å². The van der Waals surface area contributed by atoms with Crippen LogP contribution in [0.4, 0.5) is 5.69 Å². The van der Waals surface area contributed by atoms with E-state index >= 15 is 0 Å². The molecule has 1 saturated heterocycles. The maximum Gasteiger partial charge on any atom is 0.0970 e. The molecule has 1 aliphatic heterocycles. The van der Waals surface area contributed by atoms with E-state index in [0.717, 1.165) is 19.6 Å². The van der Waals surface area contributed by atoms with Gasteiger partial charge in [-0.25, -0.2) is 0 Å². The van der Waals surface area contributed by atoms with Crippen LogP contribution in [0.1, 0.15) is 0 Å². The minimum atomic E-state index is 0.419. The number of alkyl halides is 1. The smallest absolute Gasteiger partial charge is 0.0970 e. The Morgan fingerprint density at radius 1 is 1.58 bits per heavy atom. The molecule has 1 atom stereocenters. The Bertz CT molecular complexity index is 234. The zero-order valence-electron chi connectivity index (χ0n) is 6.76. The maximum absolute atomic E-state index is 3.63. The van der Waals surface area contributed by atoms with Crippen molar-refractivity contribution in [2.24, 2.45) is 0 Å². The largest absolute Gasteiger partial charge is 0.366 e. The number of nitrogens with zero attached hydrogens (tertiary/aromatic N) is 1. The number of aromatic nitrogens is 1. The monoisotopic (exact) mass is 229 g/mol. The quantitative estimate of drug-likeness (QED) is 0.560. The topological polar surface area (TPSA) is 31.1 Å². The van der Waals surface area contributed by atoms with Gasteiger partial charge in [-0.2, -0.15) is 0 Å². The number of nitrogens with one attached hydrogen (secondary N) is 2. The van der Waals surface area contributed by atoms with Crippen LogP contribution in [-0.2, 0) is 0 Å². The van der Waals surface area contributed by atoms with Gasteiger partial charge >= 0.3 is 0 Å². The predicted octanol–water partition coefficient (Wildman–Crippen LogP) is 1.15. The molecule has 2 heterocycles.